The van der Waals surface area contributed by atoms with Crippen molar-refractivity contribution in [1.82, 2.24) is 5.32 Å². The summed E-state index contributed by atoms with van der Waals surface area (Å²) in [5, 5.41) is 5.22. The molecular weight excluding hydrogens is 294 g/mol. The number of isothiocyanates is 1. The summed E-state index contributed by atoms with van der Waals surface area (Å²) in [4.78, 5) is 17.2. The highest BCUT2D eigenvalue weighted by atomic mass is 35.5. The van der Waals surface area contributed by atoms with Crippen molar-refractivity contribution in [2.75, 3.05) is 26.2 Å². The predicted octanol–water partition coefficient (Wildman–Crippen LogP) is -1.92. The van der Waals surface area contributed by atoms with Crippen LogP contribution in [0.3, 0.4) is 0 Å². The van der Waals surface area contributed by atoms with Crippen LogP contribution in [-0.2, 0) is 0 Å². The molecule has 0 aliphatic carbocycles. The molecule has 0 spiro atoms. The molecule has 1 amide bonds. The van der Waals surface area contributed by atoms with Gasteiger partial charge >= 0.3 is 0 Å². The number of benzene rings is 1. The third-order valence-electron chi connectivity index (χ3n) is 3.07. The highest BCUT2D eigenvalue weighted by Crippen LogP contribution is 2.11. The maximum absolute atomic E-state index is 11.9. The van der Waals surface area contributed by atoms with Gasteiger partial charge in [0.1, 0.15) is 0 Å². The Balaban J connectivity index is 0.00000361. The number of hydrogen-bond acceptors (Lipinski definition) is 3. The topological polar surface area (TPSA) is 45.9 Å². The van der Waals surface area contributed by atoms with Gasteiger partial charge in [-0.3, -0.25) is 4.79 Å². The number of aliphatic imine (C=N–C) groups is 1. The minimum absolute atomic E-state index is 0. The fraction of sp³-hybridized carbons (Fsp3) is 0.429. The van der Waals surface area contributed by atoms with Crippen LogP contribution in [0.1, 0.15) is 24.2 Å². The molecular formula is C14H20ClN3OS. The number of rotatable bonds is 7. The molecule has 2 N–H and O–H groups in total. The molecule has 0 aromatic heterocycles. The molecule has 110 valence electrons. The van der Waals surface area contributed by atoms with Crippen molar-refractivity contribution in [3.63, 3.8) is 0 Å². The molecule has 1 rings (SSSR count). The Kier molecular flexibility index (Phi) is 9.86. The molecule has 0 bridgehead atoms. The number of carbonyl (C=O) groups is 1. The zero-order chi connectivity index (χ0) is 14.1. The van der Waals surface area contributed by atoms with Crippen LogP contribution in [0.15, 0.2) is 29.3 Å². The molecule has 0 saturated heterocycles. The van der Waals surface area contributed by atoms with E-state index in [4.69, 9.17) is 0 Å². The minimum Gasteiger partial charge on any atom is -1.00 e. The van der Waals surface area contributed by atoms with Gasteiger partial charge in [0, 0.05) is 5.56 Å². The summed E-state index contributed by atoms with van der Waals surface area (Å²) in [6.07, 6.45) is 0. The molecule has 0 aliphatic heterocycles. The largest absolute Gasteiger partial charge is 1.00 e. The second-order valence-corrected chi connectivity index (χ2v) is 4.40. The Morgan fingerprint density at radius 3 is 2.40 bits per heavy atom. The lowest BCUT2D eigenvalue weighted by Gasteiger charge is -2.15. The molecule has 6 heteroatoms. The lowest BCUT2D eigenvalue weighted by atomic mass is 10.2. The first-order valence-electron chi connectivity index (χ1n) is 6.51. The van der Waals surface area contributed by atoms with Crippen LogP contribution in [0.25, 0.3) is 0 Å². The van der Waals surface area contributed by atoms with E-state index in [0.29, 0.717) is 17.8 Å². The number of thiocarbonyl (C=S) groups is 1. The van der Waals surface area contributed by atoms with Crippen molar-refractivity contribution in [1.29, 1.82) is 0 Å². The number of carbonyl (C=O) groups excluding carboxylic acids is 1. The van der Waals surface area contributed by atoms with Crippen LogP contribution < -0.4 is 22.6 Å². The lowest BCUT2D eigenvalue weighted by molar-refractivity contribution is -0.895. The number of nitrogens with zero attached hydrogens (tertiary/aromatic N) is 1. The number of nitrogens with one attached hydrogen (secondary N) is 2. The summed E-state index contributed by atoms with van der Waals surface area (Å²) < 4.78 is 0. The van der Waals surface area contributed by atoms with Crippen LogP contribution in [0, 0.1) is 0 Å². The van der Waals surface area contributed by atoms with E-state index >= 15 is 0 Å². The van der Waals surface area contributed by atoms with E-state index in [9.17, 15) is 4.79 Å². The summed E-state index contributed by atoms with van der Waals surface area (Å²) >= 11 is 4.52. The Morgan fingerprint density at radius 2 is 1.90 bits per heavy atom. The lowest BCUT2D eigenvalue weighted by Crippen LogP contribution is -3.12. The van der Waals surface area contributed by atoms with Gasteiger partial charge in [-0.2, -0.15) is 4.99 Å². The monoisotopic (exact) mass is 313 g/mol. The molecule has 0 aliphatic rings. The van der Waals surface area contributed by atoms with E-state index in [2.05, 4.69) is 41.5 Å². The highest BCUT2D eigenvalue weighted by molar-refractivity contribution is 7.78. The molecule has 1 aromatic carbocycles. The molecule has 0 saturated carbocycles. The molecule has 0 unspecified atom stereocenters. The Bertz CT molecular complexity index is 454. The third kappa shape index (κ3) is 6.26. The van der Waals surface area contributed by atoms with E-state index in [-0.39, 0.29) is 18.3 Å². The fourth-order valence-corrected chi connectivity index (χ4v) is 1.90. The molecule has 20 heavy (non-hydrogen) atoms. The number of likely N-dealkylation sites (N-methyl/N-ethyl adjacent to an activating group) is 1. The third-order valence-corrected chi connectivity index (χ3v) is 3.16. The van der Waals surface area contributed by atoms with E-state index in [1.54, 1.807) is 24.3 Å². The summed E-state index contributed by atoms with van der Waals surface area (Å²) in [7, 11) is 0. The van der Waals surface area contributed by atoms with Crippen molar-refractivity contribution < 1.29 is 22.1 Å². The number of hydrogen-bond donors (Lipinski definition) is 2. The fourth-order valence-electron chi connectivity index (χ4n) is 1.80. The maximum atomic E-state index is 11.9. The smallest absolute Gasteiger partial charge is 0.251 e. The van der Waals surface area contributed by atoms with Gasteiger partial charge in [0.2, 0.25) is 0 Å². The van der Waals surface area contributed by atoms with E-state index in [1.807, 2.05) is 0 Å². The number of amides is 1. The van der Waals surface area contributed by atoms with Gasteiger partial charge in [-0.15, -0.1) is 0 Å². The van der Waals surface area contributed by atoms with E-state index in [1.165, 1.54) is 4.90 Å². The molecule has 0 radical (unpaired) electrons. The number of quaternary nitrogens is 1. The second-order valence-electron chi connectivity index (χ2n) is 4.21. The van der Waals surface area contributed by atoms with Gasteiger partial charge in [-0.1, -0.05) is 0 Å². The highest BCUT2D eigenvalue weighted by Gasteiger charge is 2.07. The molecule has 0 heterocycles. The van der Waals surface area contributed by atoms with Crippen LogP contribution in [0.5, 0.6) is 0 Å². The molecule has 0 fully saturated rings. The van der Waals surface area contributed by atoms with E-state index < -0.39 is 0 Å². The van der Waals surface area contributed by atoms with E-state index in [0.717, 1.165) is 19.6 Å². The van der Waals surface area contributed by atoms with Crippen molar-refractivity contribution in [2.24, 2.45) is 4.99 Å². The van der Waals surface area contributed by atoms with Gasteiger partial charge in [0.25, 0.3) is 5.91 Å². The zero-order valence-corrected chi connectivity index (χ0v) is 13.4. The normalized spacial score (nSPS) is 9.55. The average molecular weight is 314 g/mol. The zero-order valence-electron chi connectivity index (χ0n) is 11.8. The second kappa shape index (κ2) is 10.5. The average Bonchev–Trinajstić information content (AvgIpc) is 2.44. The summed E-state index contributed by atoms with van der Waals surface area (Å²) in [5.74, 6) is -0.0514. The first-order valence-corrected chi connectivity index (χ1v) is 6.91. The Morgan fingerprint density at radius 1 is 1.30 bits per heavy atom. The first-order chi connectivity index (χ1) is 9.21. The Labute approximate surface area is 131 Å². The van der Waals surface area contributed by atoms with Crippen LogP contribution >= 0.6 is 12.2 Å². The van der Waals surface area contributed by atoms with Crippen LogP contribution in [0.4, 0.5) is 5.69 Å². The Hall–Kier alpha value is -1.26. The minimum atomic E-state index is -0.0514. The van der Waals surface area contributed by atoms with Gasteiger partial charge in [0.15, 0.2) is 0 Å². The van der Waals surface area contributed by atoms with Crippen molar-refractivity contribution >= 4 is 29.0 Å². The SMILES string of the molecule is CC[NH+](CC)CCNC(=O)c1ccc(N=C=S)cc1.[Cl-]. The van der Waals surface area contributed by atoms with Crippen molar-refractivity contribution in [3.05, 3.63) is 29.8 Å². The van der Waals surface area contributed by atoms with Crippen molar-refractivity contribution in [2.45, 2.75) is 13.8 Å². The van der Waals surface area contributed by atoms with Gasteiger partial charge < -0.3 is 22.6 Å². The van der Waals surface area contributed by atoms with Gasteiger partial charge in [0.05, 0.1) is 37.0 Å². The summed E-state index contributed by atoms with van der Waals surface area (Å²) in [5.41, 5.74) is 1.34. The van der Waals surface area contributed by atoms with Crippen LogP contribution in [0.2, 0.25) is 0 Å². The van der Waals surface area contributed by atoms with Gasteiger partial charge in [-0.05, 0) is 50.3 Å². The van der Waals surface area contributed by atoms with Crippen LogP contribution in [-0.4, -0.2) is 37.2 Å². The molecule has 0 atom stereocenters. The predicted molar refractivity (Wildman–Crippen MR) is 80.4 cm³/mol. The number of halogens is 1. The maximum Gasteiger partial charge on any atom is 0.251 e. The van der Waals surface area contributed by atoms with Gasteiger partial charge in [-0.25, -0.2) is 0 Å². The standard InChI is InChI=1S/C14H19N3OS.ClH/c1-3-17(4-2)10-9-15-14(18)12-5-7-13(8-6-12)16-11-19;/h5-8H,3-4,9-10H2,1-2H3,(H,15,18);1H. The summed E-state index contributed by atoms with van der Waals surface area (Å²) in [6, 6.07) is 6.99. The summed E-state index contributed by atoms with van der Waals surface area (Å²) in [6.45, 7) is 8.10. The molecule has 4 nitrogen and oxygen atoms in total. The quantitative estimate of drug-likeness (QED) is 0.455. The molecule has 1 aromatic rings. The first kappa shape index (κ1) is 18.7. The van der Waals surface area contributed by atoms with Crippen molar-refractivity contribution in [3.8, 4) is 0 Å².